The molecule has 0 aliphatic heterocycles. The van der Waals surface area contributed by atoms with Gasteiger partial charge >= 0.3 is 0 Å². The molecular formula is C15H10N2O2. The topological polar surface area (TPSA) is 56.0 Å². The van der Waals surface area contributed by atoms with E-state index in [1.54, 1.807) is 24.5 Å². The van der Waals surface area contributed by atoms with Crippen LogP contribution < -0.4 is 0 Å². The second kappa shape index (κ2) is 4.49. The van der Waals surface area contributed by atoms with Crippen molar-refractivity contribution in [1.29, 1.82) is 0 Å². The highest BCUT2D eigenvalue weighted by molar-refractivity contribution is 5.98. The molecule has 19 heavy (non-hydrogen) atoms. The number of para-hydroxylation sites is 1. The van der Waals surface area contributed by atoms with Crippen LogP contribution in [0.15, 0.2) is 60.9 Å². The normalized spacial score (nSPS) is 10.5. The summed E-state index contributed by atoms with van der Waals surface area (Å²) in [4.78, 5) is 14.8. The molecule has 0 aliphatic carbocycles. The fraction of sp³-hybridized carbons (Fsp3) is 0. The van der Waals surface area contributed by atoms with E-state index in [-0.39, 0.29) is 10.6 Å². The highest BCUT2D eigenvalue weighted by Gasteiger charge is 2.15. The zero-order chi connectivity index (χ0) is 13.2. The first-order valence-corrected chi connectivity index (χ1v) is 5.84. The number of hydrogen-bond acceptors (Lipinski definition) is 3. The molecule has 0 saturated carbocycles. The number of hydrogen-bond donors (Lipinski definition) is 0. The molecular weight excluding hydrogens is 240 g/mol. The van der Waals surface area contributed by atoms with E-state index in [4.69, 9.17) is 0 Å². The van der Waals surface area contributed by atoms with Crippen molar-refractivity contribution in [3.63, 3.8) is 0 Å². The quantitative estimate of drug-likeness (QED) is 0.513. The van der Waals surface area contributed by atoms with E-state index < -0.39 is 0 Å². The third kappa shape index (κ3) is 1.93. The standard InChI is InChI=1S/C15H10N2O2/c18-17(19)15-7-2-1-5-14(15)13-6-3-4-11-10-16-9-8-12(11)13/h1-10H. The number of fused-ring (bicyclic) bond motifs is 1. The van der Waals surface area contributed by atoms with Crippen LogP contribution in [0.25, 0.3) is 21.9 Å². The summed E-state index contributed by atoms with van der Waals surface area (Å²) in [5, 5.41) is 13.1. The zero-order valence-electron chi connectivity index (χ0n) is 9.98. The van der Waals surface area contributed by atoms with Crippen molar-refractivity contribution >= 4 is 16.5 Å². The fourth-order valence-corrected chi connectivity index (χ4v) is 2.22. The molecule has 0 amide bonds. The van der Waals surface area contributed by atoms with Crippen molar-refractivity contribution in [3.05, 3.63) is 71.0 Å². The van der Waals surface area contributed by atoms with Crippen molar-refractivity contribution < 1.29 is 4.92 Å². The number of pyridine rings is 1. The summed E-state index contributed by atoms with van der Waals surface area (Å²) >= 11 is 0. The van der Waals surface area contributed by atoms with Crippen LogP contribution in [0.2, 0.25) is 0 Å². The third-order valence-electron chi connectivity index (χ3n) is 3.07. The molecule has 0 fully saturated rings. The third-order valence-corrected chi connectivity index (χ3v) is 3.07. The molecule has 92 valence electrons. The lowest BCUT2D eigenvalue weighted by atomic mass is 9.98. The van der Waals surface area contributed by atoms with Crippen LogP contribution in [0.3, 0.4) is 0 Å². The molecule has 3 rings (SSSR count). The molecule has 0 atom stereocenters. The molecule has 3 aromatic rings. The Kier molecular flexibility index (Phi) is 2.68. The second-order valence-electron chi connectivity index (χ2n) is 4.18. The number of nitro groups is 1. The Hall–Kier alpha value is -2.75. The van der Waals surface area contributed by atoms with Gasteiger partial charge in [0.2, 0.25) is 0 Å². The summed E-state index contributed by atoms with van der Waals surface area (Å²) < 4.78 is 0. The molecule has 0 radical (unpaired) electrons. The molecule has 1 aromatic heterocycles. The van der Waals surface area contributed by atoms with E-state index >= 15 is 0 Å². The first kappa shape index (κ1) is 11.3. The molecule has 0 bridgehead atoms. The first-order chi connectivity index (χ1) is 9.27. The summed E-state index contributed by atoms with van der Waals surface area (Å²) in [6.07, 6.45) is 3.45. The molecule has 0 spiro atoms. The van der Waals surface area contributed by atoms with E-state index in [0.717, 1.165) is 16.3 Å². The van der Waals surface area contributed by atoms with Gasteiger partial charge in [-0.25, -0.2) is 0 Å². The van der Waals surface area contributed by atoms with Crippen LogP contribution in [0.5, 0.6) is 0 Å². The highest BCUT2D eigenvalue weighted by atomic mass is 16.6. The Morgan fingerprint density at radius 1 is 0.947 bits per heavy atom. The summed E-state index contributed by atoms with van der Waals surface area (Å²) in [6, 6.07) is 14.4. The minimum atomic E-state index is -0.352. The van der Waals surface area contributed by atoms with Crippen LogP contribution in [0.4, 0.5) is 5.69 Å². The Bertz CT molecular complexity index is 763. The molecule has 0 aliphatic rings. The number of benzene rings is 2. The second-order valence-corrected chi connectivity index (χ2v) is 4.18. The Balaban J connectivity index is 2.34. The smallest absolute Gasteiger partial charge is 0.264 e. The average molecular weight is 250 g/mol. The fourth-order valence-electron chi connectivity index (χ4n) is 2.22. The van der Waals surface area contributed by atoms with Crippen molar-refractivity contribution in [2.45, 2.75) is 0 Å². The van der Waals surface area contributed by atoms with Crippen LogP contribution in [0.1, 0.15) is 0 Å². The summed E-state index contributed by atoms with van der Waals surface area (Å²) in [5.74, 6) is 0. The first-order valence-electron chi connectivity index (χ1n) is 5.84. The molecule has 4 nitrogen and oxygen atoms in total. The van der Waals surface area contributed by atoms with Crippen LogP contribution in [-0.2, 0) is 0 Å². The Morgan fingerprint density at radius 3 is 2.58 bits per heavy atom. The minimum absolute atomic E-state index is 0.117. The monoisotopic (exact) mass is 250 g/mol. The highest BCUT2D eigenvalue weighted by Crippen LogP contribution is 2.34. The van der Waals surface area contributed by atoms with Crippen LogP contribution in [-0.4, -0.2) is 9.91 Å². The minimum Gasteiger partial charge on any atom is -0.264 e. The van der Waals surface area contributed by atoms with Crippen molar-refractivity contribution in [1.82, 2.24) is 4.98 Å². The average Bonchev–Trinajstić information content (AvgIpc) is 2.46. The lowest BCUT2D eigenvalue weighted by molar-refractivity contribution is -0.384. The molecule has 4 heteroatoms. The van der Waals surface area contributed by atoms with Gasteiger partial charge in [-0.3, -0.25) is 15.1 Å². The van der Waals surface area contributed by atoms with Gasteiger partial charge in [-0.15, -0.1) is 0 Å². The predicted molar refractivity (Wildman–Crippen MR) is 73.8 cm³/mol. The number of rotatable bonds is 2. The van der Waals surface area contributed by atoms with Gasteiger partial charge in [0.1, 0.15) is 0 Å². The van der Waals surface area contributed by atoms with Gasteiger partial charge in [0.15, 0.2) is 0 Å². The van der Waals surface area contributed by atoms with Gasteiger partial charge in [-0.05, 0) is 23.1 Å². The number of nitrogens with zero attached hydrogens (tertiary/aromatic N) is 2. The number of nitro benzene ring substituents is 1. The molecule has 1 heterocycles. The van der Waals surface area contributed by atoms with Gasteiger partial charge in [0.25, 0.3) is 5.69 Å². The maximum atomic E-state index is 11.1. The maximum absolute atomic E-state index is 11.1. The Morgan fingerprint density at radius 2 is 1.74 bits per heavy atom. The molecule has 0 N–H and O–H groups in total. The molecule has 2 aromatic carbocycles. The van der Waals surface area contributed by atoms with Crippen molar-refractivity contribution in [2.24, 2.45) is 0 Å². The SMILES string of the molecule is O=[N+]([O-])c1ccccc1-c1cccc2cnccc12. The predicted octanol–water partition coefficient (Wildman–Crippen LogP) is 3.81. The van der Waals surface area contributed by atoms with E-state index in [0.29, 0.717) is 5.56 Å². The van der Waals surface area contributed by atoms with Crippen molar-refractivity contribution in [2.75, 3.05) is 0 Å². The zero-order valence-corrected chi connectivity index (χ0v) is 9.98. The Labute approximate surface area is 109 Å². The van der Waals surface area contributed by atoms with E-state index in [9.17, 15) is 10.1 Å². The van der Waals surface area contributed by atoms with Gasteiger partial charge < -0.3 is 0 Å². The summed E-state index contributed by atoms with van der Waals surface area (Å²) in [7, 11) is 0. The van der Waals surface area contributed by atoms with Gasteiger partial charge in [0, 0.05) is 23.8 Å². The lowest BCUT2D eigenvalue weighted by Gasteiger charge is -2.06. The van der Waals surface area contributed by atoms with Gasteiger partial charge in [0.05, 0.1) is 10.5 Å². The van der Waals surface area contributed by atoms with Gasteiger partial charge in [-0.1, -0.05) is 30.3 Å². The largest absolute Gasteiger partial charge is 0.277 e. The van der Waals surface area contributed by atoms with Gasteiger partial charge in [-0.2, -0.15) is 0 Å². The summed E-state index contributed by atoms with van der Waals surface area (Å²) in [6.45, 7) is 0. The van der Waals surface area contributed by atoms with Crippen molar-refractivity contribution in [3.8, 4) is 11.1 Å². The number of aromatic nitrogens is 1. The van der Waals surface area contributed by atoms with E-state index in [2.05, 4.69) is 4.98 Å². The summed E-state index contributed by atoms with van der Waals surface area (Å²) in [5.41, 5.74) is 1.60. The molecule has 0 saturated heterocycles. The van der Waals surface area contributed by atoms with E-state index in [1.165, 1.54) is 6.07 Å². The lowest BCUT2D eigenvalue weighted by Crippen LogP contribution is -1.92. The molecule has 0 unspecified atom stereocenters. The maximum Gasteiger partial charge on any atom is 0.277 e. The van der Waals surface area contributed by atoms with Crippen LogP contribution >= 0.6 is 0 Å². The van der Waals surface area contributed by atoms with E-state index in [1.807, 2.05) is 30.3 Å². The van der Waals surface area contributed by atoms with Crippen LogP contribution in [0, 0.1) is 10.1 Å².